The molecule has 1 aliphatic carbocycles. The summed E-state index contributed by atoms with van der Waals surface area (Å²) in [6.07, 6.45) is 8.18. The summed E-state index contributed by atoms with van der Waals surface area (Å²) in [6.45, 7) is 5.74. The van der Waals surface area contributed by atoms with E-state index in [1.165, 1.54) is 44.1 Å². The van der Waals surface area contributed by atoms with Crippen LogP contribution in [0, 0.1) is 5.92 Å². The van der Waals surface area contributed by atoms with Crippen LogP contribution in [0.1, 0.15) is 63.9 Å². The molecule has 0 spiro atoms. The minimum atomic E-state index is 0.660. The molecule has 1 aliphatic rings. The number of nitrogens with one attached hydrogen (secondary N) is 1. The highest BCUT2D eigenvalue weighted by Crippen LogP contribution is 2.36. The number of hydrogen-bond acceptors (Lipinski definition) is 1. The Bertz CT molecular complexity index is 342. The lowest BCUT2D eigenvalue weighted by Crippen LogP contribution is -2.35. The topological polar surface area (TPSA) is 12.0 Å². The minimum Gasteiger partial charge on any atom is -0.313 e. The van der Waals surface area contributed by atoms with E-state index < -0.39 is 0 Å². The van der Waals surface area contributed by atoms with E-state index in [0.29, 0.717) is 12.0 Å². The quantitative estimate of drug-likeness (QED) is 0.675. The Balaban J connectivity index is 1.99. The van der Waals surface area contributed by atoms with E-state index in [-0.39, 0.29) is 0 Å². The molecule has 2 rings (SSSR count). The Hall–Kier alpha value is -0.820. The molecule has 0 aromatic heterocycles. The van der Waals surface area contributed by atoms with Gasteiger partial charge in [-0.2, -0.15) is 0 Å². The zero-order valence-electron chi connectivity index (χ0n) is 12.6. The van der Waals surface area contributed by atoms with Gasteiger partial charge in [0.2, 0.25) is 0 Å². The van der Waals surface area contributed by atoms with Gasteiger partial charge in [-0.15, -0.1) is 0 Å². The van der Waals surface area contributed by atoms with Crippen LogP contribution in [-0.2, 0) is 0 Å². The molecule has 106 valence electrons. The first-order valence-electron chi connectivity index (χ1n) is 8.13. The summed E-state index contributed by atoms with van der Waals surface area (Å²) >= 11 is 0. The highest BCUT2D eigenvalue weighted by Gasteiger charge is 2.26. The van der Waals surface area contributed by atoms with Gasteiger partial charge in [-0.05, 0) is 49.6 Å². The second-order valence-electron chi connectivity index (χ2n) is 6.01. The SMILES string of the molecule is CCCNC(CCC1CC1)C(CC)c1ccccc1. The largest absolute Gasteiger partial charge is 0.313 e. The van der Waals surface area contributed by atoms with E-state index in [0.717, 1.165) is 12.5 Å². The molecule has 0 amide bonds. The van der Waals surface area contributed by atoms with E-state index in [4.69, 9.17) is 0 Å². The number of benzene rings is 1. The molecule has 0 aliphatic heterocycles. The van der Waals surface area contributed by atoms with E-state index in [1.54, 1.807) is 0 Å². The van der Waals surface area contributed by atoms with Gasteiger partial charge >= 0.3 is 0 Å². The summed E-state index contributed by atoms with van der Waals surface area (Å²) in [5.41, 5.74) is 1.51. The highest BCUT2D eigenvalue weighted by atomic mass is 14.9. The Morgan fingerprint density at radius 2 is 1.89 bits per heavy atom. The van der Waals surface area contributed by atoms with Crippen molar-refractivity contribution >= 4 is 0 Å². The predicted octanol–water partition coefficient (Wildman–Crippen LogP) is 4.74. The first-order chi connectivity index (χ1) is 9.35. The third kappa shape index (κ3) is 4.65. The van der Waals surface area contributed by atoms with Crippen molar-refractivity contribution in [3.8, 4) is 0 Å². The molecule has 0 saturated heterocycles. The van der Waals surface area contributed by atoms with Crippen molar-refractivity contribution < 1.29 is 0 Å². The van der Waals surface area contributed by atoms with Gasteiger partial charge in [0.05, 0.1) is 0 Å². The van der Waals surface area contributed by atoms with Gasteiger partial charge in [-0.25, -0.2) is 0 Å². The third-order valence-corrected chi connectivity index (χ3v) is 4.39. The molecule has 0 radical (unpaired) electrons. The van der Waals surface area contributed by atoms with Crippen LogP contribution in [0.5, 0.6) is 0 Å². The normalized spacial score (nSPS) is 18.2. The van der Waals surface area contributed by atoms with Crippen LogP contribution in [0.2, 0.25) is 0 Å². The van der Waals surface area contributed by atoms with Crippen LogP contribution in [0.25, 0.3) is 0 Å². The van der Waals surface area contributed by atoms with Crippen LogP contribution in [0.4, 0.5) is 0 Å². The molecule has 1 fully saturated rings. The fourth-order valence-corrected chi connectivity index (χ4v) is 3.05. The van der Waals surface area contributed by atoms with E-state index in [9.17, 15) is 0 Å². The molecule has 0 heterocycles. The fourth-order valence-electron chi connectivity index (χ4n) is 3.05. The molecule has 19 heavy (non-hydrogen) atoms. The predicted molar refractivity (Wildman–Crippen MR) is 83.5 cm³/mol. The lowest BCUT2D eigenvalue weighted by molar-refractivity contribution is 0.383. The smallest absolute Gasteiger partial charge is 0.0136 e. The zero-order chi connectivity index (χ0) is 13.5. The molecule has 2 atom stereocenters. The van der Waals surface area contributed by atoms with Crippen LogP contribution in [-0.4, -0.2) is 12.6 Å². The average Bonchev–Trinajstić information content (AvgIpc) is 3.27. The van der Waals surface area contributed by atoms with E-state index in [2.05, 4.69) is 49.5 Å². The standard InChI is InChI=1S/C18H29N/c1-3-14-19-18(13-12-15-10-11-15)17(4-2)16-8-6-5-7-9-16/h5-9,15,17-19H,3-4,10-14H2,1-2H3. The Labute approximate surface area is 118 Å². The summed E-state index contributed by atoms with van der Waals surface area (Å²) in [6, 6.07) is 11.7. The zero-order valence-corrected chi connectivity index (χ0v) is 12.6. The highest BCUT2D eigenvalue weighted by molar-refractivity contribution is 5.21. The van der Waals surface area contributed by atoms with Gasteiger partial charge in [-0.3, -0.25) is 0 Å². The maximum atomic E-state index is 3.80. The first kappa shape index (κ1) is 14.6. The average molecular weight is 259 g/mol. The number of hydrogen-bond donors (Lipinski definition) is 1. The van der Waals surface area contributed by atoms with Crippen LogP contribution in [0.15, 0.2) is 30.3 Å². The van der Waals surface area contributed by atoms with E-state index in [1.807, 2.05) is 0 Å². The van der Waals surface area contributed by atoms with Gasteiger partial charge in [-0.1, -0.05) is 57.0 Å². The molecule has 1 aromatic carbocycles. The van der Waals surface area contributed by atoms with Crippen molar-refractivity contribution in [3.05, 3.63) is 35.9 Å². The lowest BCUT2D eigenvalue weighted by Gasteiger charge is -2.28. The molecule has 1 aromatic rings. The molecule has 1 nitrogen and oxygen atoms in total. The number of rotatable bonds is 9. The molecule has 1 N–H and O–H groups in total. The molecule has 1 heteroatoms. The molecular formula is C18H29N. The van der Waals surface area contributed by atoms with E-state index >= 15 is 0 Å². The van der Waals surface area contributed by atoms with Gasteiger partial charge in [0.1, 0.15) is 0 Å². The van der Waals surface area contributed by atoms with Crippen LogP contribution < -0.4 is 5.32 Å². The summed E-state index contributed by atoms with van der Waals surface area (Å²) in [7, 11) is 0. The van der Waals surface area contributed by atoms with Gasteiger partial charge in [0.25, 0.3) is 0 Å². The summed E-state index contributed by atoms with van der Waals surface area (Å²) in [5.74, 6) is 1.71. The second-order valence-corrected chi connectivity index (χ2v) is 6.01. The van der Waals surface area contributed by atoms with Crippen molar-refractivity contribution in [1.82, 2.24) is 5.32 Å². The Kier molecular flexibility index (Phi) is 5.91. The fraction of sp³-hybridized carbons (Fsp3) is 0.667. The Morgan fingerprint density at radius 1 is 1.16 bits per heavy atom. The Morgan fingerprint density at radius 3 is 2.47 bits per heavy atom. The van der Waals surface area contributed by atoms with Crippen molar-refractivity contribution in [2.45, 2.75) is 64.3 Å². The molecular weight excluding hydrogens is 230 g/mol. The van der Waals surface area contributed by atoms with Crippen molar-refractivity contribution in [2.75, 3.05) is 6.54 Å². The lowest BCUT2D eigenvalue weighted by atomic mass is 9.86. The van der Waals surface area contributed by atoms with Crippen molar-refractivity contribution in [1.29, 1.82) is 0 Å². The van der Waals surface area contributed by atoms with Gasteiger partial charge < -0.3 is 5.32 Å². The van der Waals surface area contributed by atoms with Crippen molar-refractivity contribution in [2.24, 2.45) is 5.92 Å². The third-order valence-electron chi connectivity index (χ3n) is 4.39. The summed E-state index contributed by atoms with van der Waals surface area (Å²) in [5, 5.41) is 3.80. The van der Waals surface area contributed by atoms with Gasteiger partial charge in [0.15, 0.2) is 0 Å². The van der Waals surface area contributed by atoms with Crippen LogP contribution in [0.3, 0.4) is 0 Å². The minimum absolute atomic E-state index is 0.660. The second kappa shape index (κ2) is 7.69. The van der Waals surface area contributed by atoms with Crippen LogP contribution >= 0.6 is 0 Å². The molecule has 2 unspecified atom stereocenters. The van der Waals surface area contributed by atoms with Gasteiger partial charge in [0, 0.05) is 6.04 Å². The van der Waals surface area contributed by atoms with Crippen molar-refractivity contribution in [3.63, 3.8) is 0 Å². The summed E-state index contributed by atoms with van der Waals surface area (Å²) in [4.78, 5) is 0. The summed E-state index contributed by atoms with van der Waals surface area (Å²) < 4.78 is 0. The maximum Gasteiger partial charge on any atom is 0.0136 e. The monoisotopic (exact) mass is 259 g/mol. The molecule has 1 saturated carbocycles. The molecule has 0 bridgehead atoms. The maximum absolute atomic E-state index is 3.80. The first-order valence-corrected chi connectivity index (χ1v) is 8.13.